The van der Waals surface area contributed by atoms with E-state index in [1.54, 1.807) is 6.07 Å². The smallest absolute Gasteiger partial charge is 0.240 e. The highest BCUT2D eigenvalue weighted by atomic mass is 32.2. The lowest BCUT2D eigenvalue weighted by Crippen LogP contribution is -2.39. The molecule has 2 aliphatic carbocycles. The molecule has 0 aliphatic heterocycles. The van der Waals surface area contributed by atoms with E-state index in [1.165, 1.54) is 29.5 Å². The third-order valence-electron chi connectivity index (χ3n) is 7.31. The van der Waals surface area contributed by atoms with Crippen LogP contribution in [0.15, 0.2) is 47.4 Å². The molecule has 4 atom stereocenters. The predicted molar refractivity (Wildman–Crippen MR) is 116 cm³/mol. The van der Waals surface area contributed by atoms with Crippen LogP contribution in [0, 0.1) is 30.4 Å². The molecular formula is C24H26F2N2O2S. The standard InChI is InChI=1S/C24H26F2N2O2S/c1-3-28-14(2)24(21-13-18(26)6-9-23(21)28)20-11-16-10-15(20)12-22(16)27-31(29,30)19-7-4-17(25)5-8-19/h4-9,13,15-16,20,22,27H,3,10-12H2,1-2H3. The van der Waals surface area contributed by atoms with Crippen molar-refractivity contribution in [3.05, 3.63) is 65.4 Å². The first-order valence-corrected chi connectivity index (χ1v) is 12.3. The largest absolute Gasteiger partial charge is 0.345 e. The molecule has 31 heavy (non-hydrogen) atoms. The molecule has 164 valence electrons. The van der Waals surface area contributed by atoms with E-state index >= 15 is 0 Å². The topological polar surface area (TPSA) is 51.1 Å². The van der Waals surface area contributed by atoms with Gasteiger partial charge in [0.15, 0.2) is 0 Å². The van der Waals surface area contributed by atoms with Crippen LogP contribution in [0.3, 0.4) is 0 Å². The zero-order valence-corrected chi connectivity index (χ0v) is 18.4. The fourth-order valence-electron chi connectivity index (χ4n) is 6.01. The minimum atomic E-state index is -3.68. The maximum Gasteiger partial charge on any atom is 0.240 e. The van der Waals surface area contributed by atoms with Crippen LogP contribution in [0.5, 0.6) is 0 Å². The zero-order valence-electron chi connectivity index (χ0n) is 17.6. The summed E-state index contributed by atoms with van der Waals surface area (Å²) in [5, 5.41) is 0.986. The van der Waals surface area contributed by atoms with Crippen LogP contribution in [-0.4, -0.2) is 19.0 Å². The second kappa shape index (κ2) is 7.41. The number of halogens is 2. The number of benzene rings is 2. The number of hydrogen-bond acceptors (Lipinski definition) is 2. The molecular weight excluding hydrogens is 418 g/mol. The SMILES string of the molecule is CCn1c(C)c(C2CC3CC2CC3NS(=O)(=O)c2ccc(F)cc2)c2cc(F)ccc21. The first-order valence-electron chi connectivity index (χ1n) is 10.8. The molecule has 2 bridgehead atoms. The van der Waals surface area contributed by atoms with Crippen molar-refractivity contribution in [2.24, 2.45) is 11.8 Å². The summed E-state index contributed by atoms with van der Waals surface area (Å²) in [5.74, 6) is 0.241. The monoisotopic (exact) mass is 444 g/mol. The third kappa shape index (κ3) is 3.38. The lowest BCUT2D eigenvalue weighted by Gasteiger charge is -2.29. The molecule has 4 unspecified atom stereocenters. The second-order valence-corrected chi connectivity index (χ2v) is 10.6. The van der Waals surface area contributed by atoms with E-state index in [0.29, 0.717) is 11.8 Å². The van der Waals surface area contributed by atoms with Gasteiger partial charge in [0.25, 0.3) is 0 Å². The van der Waals surface area contributed by atoms with Gasteiger partial charge in [0, 0.05) is 29.2 Å². The Kier molecular flexibility index (Phi) is 4.94. The van der Waals surface area contributed by atoms with Crippen molar-refractivity contribution in [2.45, 2.75) is 56.5 Å². The molecule has 3 aromatic rings. The van der Waals surface area contributed by atoms with Gasteiger partial charge in [-0.05, 0) is 98.9 Å². The van der Waals surface area contributed by atoms with E-state index in [-0.39, 0.29) is 22.7 Å². The Morgan fingerprint density at radius 1 is 1.00 bits per heavy atom. The van der Waals surface area contributed by atoms with Gasteiger partial charge in [0.2, 0.25) is 10.0 Å². The highest BCUT2D eigenvalue weighted by Crippen LogP contribution is 2.55. The molecule has 4 nitrogen and oxygen atoms in total. The van der Waals surface area contributed by atoms with Crippen LogP contribution >= 0.6 is 0 Å². The summed E-state index contributed by atoms with van der Waals surface area (Å²) in [4.78, 5) is 0.0885. The van der Waals surface area contributed by atoms with E-state index in [0.717, 1.165) is 48.8 Å². The lowest BCUT2D eigenvalue weighted by molar-refractivity contribution is 0.355. The van der Waals surface area contributed by atoms with Gasteiger partial charge in [-0.2, -0.15) is 0 Å². The minimum Gasteiger partial charge on any atom is -0.345 e. The molecule has 0 radical (unpaired) electrons. The Bertz CT molecular complexity index is 1250. The summed E-state index contributed by atoms with van der Waals surface area (Å²) in [6.45, 7) is 5.03. The molecule has 5 rings (SSSR count). The first kappa shape index (κ1) is 20.6. The van der Waals surface area contributed by atoms with Crippen LogP contribution in [0.2, 0.25) is 0 Å². The summed E-state index contributed by atoms with van der Waals surface area (Å²) in [6, 6.07) is 9.82. The first-order chi connectivity index (χ1) is 14.8. The number of aryl methyl sites for hydroxylation is 1. The fraction of sp³-hybridized carbons (Fsp3) is 0.417. The maximum absolute atomic E-state index is 14.1. The van der Waals surface area contributed by atoms with Gasteiger partial charge >= 0.3 is 0 Å². The van der Waals surface area contributed by atoms with Gasteiger partial charge in [-0.15, -0.1) is 0 Å². The molecule has 2 fully saturated rings. The molecule has 0 amide bonds. The van der Waals surface area contributed by atoms with E-state index in [4.69, 9.17) is 0 Å². The number of sulfonamides is 1. The average Bonchev–Trinajstić information content (AvgIpc) is 3.37. The van der Waals surface area contributed by atoms with E-state index in [1.807, 2.05) is 6.07 Å². The third-order valence-corrected chi connectivity index (χ3v) is 8.81. The summed E-state index contributed by atoms with van der Waals surface area (Å²) in [5.41, 5.74) is 3.47. The van der Waals surface area contributed by atoms with Crippen molar-refractivity contribution in [3.63, 3.8) is 0 Å². The highest BCUT2D eigenvalue weighted by molar-refractivity contribution is 7.89. The van der Waals surface area contributed by atoms with Gasteiger partial charge in [-0.25, -0.2) is 21.9 Å². The van der Waals surface area contributed by atoms with Crippen molar-refractivity contribution in [3.8, 4) is 0 Å². The average molecular weight is 445 g/mol. The second-order valence-electron chi connectivity index (χ2n) is 8.92. The summed E-state index contributed by atoms with van der Waals surface area (Å²) >= 11 is 0. The fourth-order valence-corrected chi connectivity index (χ4v) is 7.33. The van der Waals surface area contributed by atoms with Gasteiger partial charge in [0.1, 0.15) is 11.6 Å². The number of aromatic nitrogens is 1. The van der Waals surface area contributed by atoms with E-state index in [2.05, 4.69) is 23.1 Å². The Hall–Kier alpha value is -2.25. The zero-order chi connectivity index (χ0) is 21.9. The number of fused-ring (bicyclic) bond motifs is 3. The molecule has 1 heterocycles. The normalized spacial score (nSPS) is 25.5. The number of nitrogens with one attached hydrogen (secondary N) is 1. The van der Waals surface area contributed by atoms with Crippen LogP contribution in [0.4, 0.5) is 8.78 Å². The Morgan fingerprint density at radius 3 is 2.35 bits per heavy atom. The molecule has 0 saturated heterocycles. The van der Waals surface area contributed by atoms with Gasteiger partial charge < -0.3 is 4.57 Å². The predicted octanol–water partition coefficient (Wildman–Crippen LogP) is 5.11. The lowest BCUT2D eigenvalue weighted by atomic mass is 9.80. The van der Waals surface area contributed by atoms with Crippen LogP contribution in [0.25, 0.3) is 10.9 Å². The summed E-state index contributed by atoms with van der Waals surface area (Å²) < 4.78 is 57.8. The number of rotatable bonds is 5. The molecule has 0 spiro atoms. The summed E-state index contributed by atoms with van der Waals surface area (Å²) in [7, 11) is -3.68. The molecule has 2 aromatic carbocycles. The Balaban J connectivity index is 1.40. The summed E-state index contributed by atoms with van der Waals surface area (Å²) in [6.07, 6.45) is 2.62. The minimum absolute atomic E-state index is 0.0885. The molecule has 1 N–H and O–H groups in total. The van der Waals surface area contributed by atoms with E-state index < -0.39 is 15.8 Å². The Labute approximate surface area is 181 Å². The number of hydrogen-bond donors (Lipinski definition) is 1. The van der Waals surface area contributed by atoms with Crippen LogP contribution < -0.4 is 4.72 Å². The maximum atomic E-state index is 14.1. The molecule has 1 aromatic heterocycles. The van der Waals surface area contributed by atoms with Gasteiger partial charge in [-0.1, -0.05) is 0 Å². The van der Waals surface area contributed by atoms with Crippen molar-refractivity contribution >= 4 is 20.9 Å². The molecule has 2 aliphatic rings. The molecule has 7 heteroatoms. The van der Waals surface area contributed by atoms with Gasteiger partial charge in [-0.3, -0.25) is 0 Å². The Morgan fingerprint density at radius 2 is 1.71 bits per heavy atom. The van der Waals surface area contributed by atoms with Crippen molar-refractivity contribution in [1.82, 2.24) is 9.29 Å². The van der Waals surface area contributed by atoms with E-state index in [9.17, 15) is 17.2 Å². The quantitative estimate of drug-likeness (QED) is 0.595. The van der Waals surface area contributed by atoms with Crippen molar-refractivity contribution < 1.29 is 17.2 Å². The number of nitrogens with zero attached hydrogens (tertiary/aromatic N) is 1. The van der Waals surface area contributed by atoms with Crippen molar-refractivity contribution in [2.75, 3.05) is 0 Å². The molecule has 2 saturated carbocycles. The van der Waals surface area contributed by atoms with Crippen LogP contribution in [-0.2, 0) is 16.6 Å². The van der Waals surface area contributed by atoms with Crippen LogP contribution in [0.1, 0.15) is 43.4 Å². The van der Waals surface area contributed by atoms with Crippen molar-refractivity contribution in [1.29, 1.82) is 0 Å². The highest BCUT2D eigenvalue weighted by Gasteiger charge is 2.48. The van der Waals surface area contributed by atoms with Gasteiger partial charge in [0.05, 0.1) is 4.90 Å².